The number of anilines is 1. The highest BCUT2D eigenvalue weighted by Gasteiger charge is 2.29. The molecule has 5 heteroatoms. The van der Waals surface area contributed by atoms with Crippen LogP contribution in [0.25, 0.3) is 0 Å². The van der Waals surface area contributed by atoms with Crippen molar-refractivity contribution in [2.24, 2.45) is 5.92 Å². The van der Waals surface area contributed by atoms with E-state index in [9.17, 15) is 8.78 Å². The van der Waals surface area contributed by atoms with E-state index in [4.69, 9.17) is 0 Å². The first-order chi connectivity index (χ1) is 10.0. The number of rotatable bonds is 5. The van der Waals surface area contributed by atoms with Crippen molar-refractivity contribution in [3.05, 3.63) is 24.3 Å². The Kier molecular flexibility index (Phi) is 5.39. The van der Waals surface area contributed by atoms with Crippen molar-refractivity contribution in [3.8, 4) is 5.75 Å². The number of benzene rings is 1. The van der Waals surface area contributed by atoms with Crippen molar-refractivity contribution in [3.63, 3.8) is 0 Å². The number of piperazine rings is 1. The van der Waals surface area contributed by atoms with E-state index in [1.165, 1.54) is 0 Å². The summed E-state index contributed by atoms with van der Waals surface area (Å²) in [6.45, 7) is 5.34. The highest BCUT2D eigenvalue weighted by molar-refractivity contribution is 5.59. The lowest BCUT2D eigenvalue weighted by Crippen LogP contribution is -2.57. The van der Waals surface area contributed by atoms with Crippen LogP contribution in [0.2, 0.25) is 0 Å². The number of ether oxygens (including phenoxy) is 1. The first-order valence-corrected chi connectivity index (χ1v) is 7.56. The monoisotopic (exact) mass is 298 g/mol. The SMILES string of the molecule is CCC(C)C1CN(c2ccccc2OC(F)F)C(C)CN1. The average Bonchev–Trinajstić information content (AvgIpc) is 2.47. The lowest BCUT2D eigenvalue weighted by Gasteiger charge is -2.42. The zero-order valence-corrected chi connectivity index (χ0v) is 12.9. The summed E-state index contributed by atoms with van der Waals surface area (Å²) < 4.78 is 29.8. The Hall–Kier alpha value is -1.36. The van der Waals surface area contributed by atoms with Gasteiger partial charge in [0.2, 0.25) is 0 Å². The molecule has 1 fully saturated rings. The normalized spacial score (nSPS) is 24.2. The molecule has 0 aliphatic carbocycles. The number of para-hydroxylation sites is 2. The van der Waals surface area contributed by atoms with Gasteiger partial charge in [0, 0.05) is 25.2 Å². The smallest absolute Gasteiger partial charge is 0.387 e. The minimum atomic E-state index is -2.80. The van der Waals surface area contributed by atoms with Gasteiger partial charge in [-0.2, -0.15) is 8.78 Å². The van der Waals surface area contributed by atoms with Crippen LogP contribution in [0.3, 0.4) is 0 Å². The number of hydrogen-bond acceptors (Lipinski definition) is 3. The molecule has 0 amide bonds. The van der Waals surface area contributed by atoms with Crippen LogP contribution in [0.5, 0.6) is 5.75 Å². The average molecular weight is 298 g/mol. The van der Waals surface area contributed by atoms with Gasteiger partial charge in [0.15, 0.2) is 0 Å². The lowest BCUT2D eigenvalue weighted by atomic mass is 9.95. The van der Waals surface area contributed by atoms with Crippen LogP contribution in [0.4, 0.5) is 14.5 Å². The van der Waals surface area contributed by atoms with Crippen molar-refractivity contribution >= 4 is 5.69 Å². The molecule has 0 spiro atoms. The Morgan fingerprint density at radius 2 is 2.10 bits per heavy atom. The summed E-state index contributed by atoms with van der Waals surface area (Å²) >= 11 is 0. The second-order valence-electron chi connectivity index (χ2n) is 5.75. The van der Waals surface area contributed by atoms with Gasteiger partial charge in [-0.3, -0.25) is 0 Å². The fourth-order valence-electron chi connectivity index (χ4n) is 2.78. The summed E-state index contributed by atoms with van der Waals surface area (Å²) in [6, 6.07) is 7.65. The number of nitrogens with one attached hydrogen (secondary N) is 1. The number of hydrogen-bond donors (Lipinski definition) is 1. The van der Waals surface area contributed by atoms with Gasteiger partial charge in [0.05, 0.1) is 5.69 Å². The minimum absolute atomic E-state index is 0.243. The highest BCUT2D eigenvalue weighted by Crippen LogP contribution is 2.32. The summed E-state index contributed by atoms with van der Waals surface area (Å²) in [5.74, 6) is 0.798. The summed E-state index contributed by atoms with van der Waals surface area (Å²) in [5, 5.41) is 3.55. The maximum absolute atomic E-state index is 12.6. The summed E-state index contributed by atoms with van der Waals surface area (Å²) in [5.41, 5.74) is 0.750. The molecule has 1 aliphatic heterocycles. The van der Waals surface area contributed by atoms with Gasteiger partial charge >= 0.3 is 6.61 Å². The number of halogens is 2. The van der Waals surface area contributed by atoms with E-state index in [-0.39, 0.29) is 11.8 Å². The van der Waals surface area contributed by atoms with Crippen molar-refractivity contribution in [2.75, 3.05) is 18.0 Å². The second-order valence-corrected chi connectivity index (χ2v) is 5.75. The summed E-state index contributed by atoms with van der Waals surface area (Å²) in [6.07, 6.45) is 1.09. The van der Waals surface area contributed by atoms with E-state index < -0.39 is 6.61 Å². The Labute approximate surface area is 125 Å². The maximum atomic E-state index is 12.6. The molecule has 2 rings (SSSR count). The maximum Gasteiger partial charge on any atom is 0.387 e. The molecule has 0 radical (unpaired) electrons. The van der Waals surface area contributed by atoms with Crippen LogP contribution in [0.15, 0.2) is 24.3 Å². The molecule has 3 unspecified atom stereocenters. The van der Waals surface area contributed by atoms with Gasteiger partial charge in [0.1, 0.15) is 5.75 Å². The largest absolute Gasteiger partial charge is 0.433 e. The molecule has 1 aliphatic rings. The van der Waals surface area contributed by atoms with E-state index in [0.717, 1.165) is 25.2 Å². The fraction of sp³-hybridized carbons (Fsp3) is 0.625. The zero-order valence-electron chi connectivity index (χ0n) is 12.9. The quantitative estimate of drug-likeness (QED) is 0.900. The van der Waals surface area contributed by atoms with E-state index >= 15 is 0 Å². The first kappa shape index (κ1) is 16.0. The van der Waals surface area contributed by atoms with Gasteiger partial charge in [0.25, 0.3) is 0 Å². The van der Waals surface area contributed by atoms with Crippen LogP contribution in [-0.2, 0) is 0 Å². The predicted molar refractivity (Wildman–Crippen MR) is 81.1 cm³/mol. The van der Waals surface area contributed by atoms with Gasteiger partial charge in [-0.15, -0.1) is 0 Å². The number of alkyl halides is 2. The van der Waals surface area contributed by atoms with Crippen LogP contribution < -0.4 is 15.0 Å². The van der Waals surface area contributed by atoms with Crippen LogP contribution in [-0.4, -0.2) is 31.8 Å². The molecule has 1 saturated heterocycles. The molecule has 1 aromatic rings. The number of nitrogens with zero attached hydrogens (tertiary/aromatic N) is 1. The third-order valence-electron chi connectivity index (χ3n) is 4.32. The minimum Gasteiger partial charge on any atom is -0.433 e. The molecule has 21 heavy (non-hydrogen) atoms. The topological polar surface area (TPSA) is 24.5 Å². The molecular weight excluding hydrogens is 274 g/mol. The van der Waals surface area contributed by atoms with Crippen molar-refractivity contribution in [2.45, 2.75) is 45.9 Å². The van der Waals surface area contributed by atoms with E-state index in [2.05, 4.69) is 35.7 Å². The highest BCUT2D eigenvalue weighted by atomic mass is 19.3. The molecule has 118 valence electrons. The third kappa shape index (κ3) is 3.84. The predicted octanol–water partition coefficient (Wildman–Crippen LogP) is 3.50. The van der Waals surface area contributed by atoms with Gasteiger partial charge < -0.3 is 15.0 Å². The molecular formula is C16H24F2N2O. The fourth-order valence-corrected chi connectivity index (χ4v) is 2.78. The van der Waals surface area contributed by atoms with Crippen molar-refractivity contribution < 1.29 is 13.5 Å². The van der Waals surface area contributed by atoms with Gasteiger partial charge in [-0.1, -0.05) is 32.4 Å². The first-order valence-electron chi connectivity index (χ1n) is 7.56. The molecule has 0 bridgehead atoms. The zero-order chi connectivity index (χ0) is 15.4. The van der Waals surface area contributed by atoms with Crippen molar-refractivity contribution in [1.29, 1.82) is 0 Å². The van der Waals surface area contributed by atoms with Crippen LogP contribution >= 0.6 is 0 Å². The standard InChI is InChI=1S/C16H24F2N2O/c1-4-11(2)13-10-20(12(3)9-19-13)14-7-5-6-8-15(14)21-16(17)18/h5-8,11-13,16,19H,4,9-10H2,1-3H3. The Morgan fingerprint density at radius 1 is 1.38 bits per heavy atom. The van der Waals surface area contributed by atoms with Crippen LogP contribution in [0.1, 0.15) is 27.2 Å². The molecule has 0 aromatic heterocycles. The molecule has 3 nitrogen and oxygen atoms in total. The van der Waals surface area contributed by atoms with Crippen LogP contribution in [0, 0.1) is 5.92 Å². The van der Waals surface area contributed by atoms with Gasteiger partial charge in [-0.25, -0.2) is 0 Å². The molecule has 1 N–H and O–H groups in total. The third-order valence-corrected chi connectivity index (χ3v) is 4.32. The van der Waals surface area contributed by atoms with Crippen molar-refractivity contribution in [1.82, 2.24) is 5.32 Å². The second kappa shape index (κ2) is 7.07. The Bertz CT molecular complexity index is 456. The molecule has 1 aromatic carbocycles. The molecule has 0 saturated carbocycles. The summed E-state index contributed by atoms with van der Waals surface area (Å²) in [7, 11) is 0. The van der Waals surface area contributed by atoms with E-state index in [1.807, 2.05) is 12.1 Å². The van der Waals surface area contributed by atoms with E-state index in [0.29, 0.717) is 12.0 Å². The molecule has 1 heterocycles. The summed E-state index contributed by atoms with van der Waals surface area (Å²) in [4.78, 5) is 2.17. The lowest BCUT2D eigenvalue weighted by molar-refractivity contribution is -0.0495. The van der Waals surface area contributed by atoms with Gasteiger partial charge in [-0.05, 0) is 25.0 Å². The molecule has 3 atom stereocenters. The Morgan fingerprint density at radius 3 is 2.76 bits per heavy atom. The van der Waals surface area contributed by atoms with E-state index in [1.54, 1.807) is 12.1 Å². The Balaban J connectivity index is 2.22.